The number of hydrogen-bond acceptors (Lipinski definition) is 1. The van der Waals surface area contributed by atoms with Gasteiger partial charge in [-0.1, -0.05) is 97.8 Å². The smallest absolute Gasteiger partial charge is 0.134 e. The molecule has 0 amide bonds. The Labute approximate surface area is 127 Å². The predicted molar refractivity (Wildman–Crippen MR) is 88.0 cm³/mol. The van der Waals surface area contributed by atoms with E-state index in [9.17, 15) is 0 Å². The lowest BCUT2D eigenvalue weighted by molar-refractivity contribution is 0.405. The summed E-state index contributed by atoms with van der Waals surface area (Å²) in [6.45, 7) is 6.96. The highest BCUT2D eigenvalue weighted by molar-refractivity contribution is 7.30. The maximum atomic E-state index is 8.70. The van der Waals surface area contributed by atoms with Gasteiger partial charge in [-0.2, -0.15) is 0 Å². The monoisotopic (exact) mass is 307 g/mol. The molecule has 0 heterocycles. The summed E-state index contributed by atoms with van der Waals surface area (Å²) in [5.74, 6) is 1.00. The maximum absolute atomic E-state index is 8.70. The van der Waals surface area contributed by atoms with Crippen molar-refractivity contribution in [2.45, 2.75) is 97.8 Å². The Kier molecular flexibility index (Phi) is 21.2. The normalized spacial score (nSPS) is 10.3. The topological polar surface area (TPSA) is 57.5 Å². The summed E-state index contributed by atoms with van der Waals surface area (Å²) in [7, 11) is -2.87. The zero-order chi connectivity index (χ0) is 15.6. The van der Waals surface area contributed by atoms with Crippen LogP contribution in [0.15, 0.2) is 0 Å². The van der Waals surface area contributed by atoms with Crippen LogP contribution in [0.5, 0.6) is 0 Å². The summed E-state index contributed by atoms with van der Waals surface area (Å²) >= 11 is 0. The maximum Gasteiger partial charge on any atom is 0.692 e. The van der Waals surface area contributed by atoms with Crippen LogP contribution in [-0.2, 0) is 4.57 Å². The van der Waals surface area contributed by atoms with Crippen LogP contribution >= 0.6 is 8.25 Å². The van der Waals surface area contributed by atoms with Gasteiger partial charge in [0.2, 0.25) is 0 Å². The first-order valence-electron chi connectivity index (χ1n) is 8.43. The van der Waals surface area contributed by atoms with Gasteiger partial charge in [-0.25, -0.2) is 0 Å². The van der Waals surface area contributed by atoms with Crippen LogP contribution in [0, 0.1) is 5.92 Å². The number of unbranched alkanes of at least 4 members (excludes halogenated alkanes) is 8. The molecule has 0 unspecified atom stereocenters. The van der Waals surface area contributed by atoms with Crippen molar-refractivity contribution in [1.82, 2.24) is 0 Å². The Morgan fingerprint density at radius 3 is 1.45 bits per heavy atom. The third-order valence-corrected chi connectivity index (χ3v) is 3.87. The largest absolute Gasteiger partial charge is 0.692 e. The average molecular weight is 307 g/mol. The van der Waals surface area contributed by atoms with Crippen LogP contribution in [0.4, 0.5) is 0 Å². The van der Waals surface area contributed by atoms with Crippen LogP contribution in [-0.4, -0.2) is 9.79 Å². The first-order chi connectivity index (χ1) is 9.58. The van der Waals surface area contributed by atoms with Crippen LogP contribution in [0.3, 0.4) is 0 Å². The van der Waals surface area contributed by atoms with Crippen LogP contribution in [0.2, 0.25) is 0 Å². The summed E-state index contributed by atoms with van der Waals surface area (Å²) < 4.78 is 8.70. The van der Waals surface area contributed by atoms with Gasteiger partial charge >= 0.3 is 8.25 Å². The Hall–Kier alpha value is 0.0200. The van der Waals surface area contributed by atoms with Crippen molar-refractivity contribution in [3.63, 3.8) is 0 Å². The predicted octanol–water partition coefficient (Wildman–Crippen LogP) is 5.97. The van der Waals surface area contributed by atoms with E-state index in [1.807, 2.05) is 0 Å². The quantitative estimate of drug-likeness (QED) is 0.345. The van der Waals surface area contributed by atoms with E-state index < -0.39 is 8.25 Å². The first kappa shape index (κ1) is 22.3. The van der Waals surface area contributed by atoms with Gasteiger partial charge in [-0.15, -0.1) is 9.79 Å². The van der Waals surface area contributed by atoms with Gasteiger partial charge in [-0.3, -0.25) is 0 Å². The van der Waals surface area contributed by atoms with E-state index in [-0.39, 0.29) is 0 Å². The average Bonchev–Trinajstić information content (AvgIpc) is 2.40. The Morgan fingerprint density at radius 1 is 0.750 bits per heavy atom. The fraction of sp³-hybridized carbons (Fsp3) is 1.00. The third kappa shape index (κ3) is 23.1. The van der Waals surface area contributed by atoms with Crippen LogP contribution in [0.25, 0.3) is 0 Å². The molecule has 0 aliphatic rings. The zero-order valence-corrected chi connectivity index (χ0v) is 14.7. The van der Waals surface area contributed by atoms with Gasteiger partial charge in [-0.05, 0) is 5.92 Å². The van der Waals surface area contributed by atoms with Crippen molar-refractivity contribution in [1.29, 1.82) is 0 Å². The molecule has 4 heteroatoms. The van der Waals surface area contributed by atoms with E-state index in [4.69, 9.17) is 14.4 Å². The molecule has 0 rings (SSSR count). The van der Waals surface area contributed by atoms with E-state index in [0.29, 0.717) is 0 Å². The molecular formula is C16H36O3P+. The molecular weight excluding hydrogens is 271 g/mol. The second-order valence-electron chi connectivity index (χ2n) is 5.55. The fourth-order valence-electron chi connectivity index (χ4n) is 2.44. The molecule has 0 aliphatic heterocycles. The first-order valence-corrected chi connectivity index (χ1v) is 9.59. The Bertz CT molecular complexity index is 190. The van der Waals surface area contributed by atoms with Crippen molar-refractivity contribution in [2.24, 2.45) is 5.92 Å². The van der Waals surface area contributed by atoms with Crippen LogP contribution in [0.1, 0.15) is 97.8 Å². The fourth-order valence-corrected chi connectivity index (χ4v) is 2.44. The summed E-state index contributed by atoms with van der Waals surface area (Å²) in [5, 5.41) is 0. The zero-order valence-electron chi connectivity index (χ0n) is 13.8. The van der Waals surface area contributed by atoms with E-state index in [0.717, 1.165) is 5.92 Å². The molecule has 0 saturated heterocycles. The van der Waals surface area contributed by atoms with E-state index >= 15 is 0 Å². The van der Waals surface area contributed by atoms with E-state index in [1.165, 1.54) is 77.0 Å². The molecule has 122 valence electrons. The van der Waals surface area contributed by atoms with E-state index in [2.05, 4.69) is 20.8 Å². The minimum Gasteiger partial charge on any atom is -0.134 e. The SMILES string of the molecule is CCCCCCCCCCCC(CC)CC.O=[P+](O)O. The van der Waals surface area contributed by atoms with Crippen LogP contribution < -0.4 is 0 Å². The summed E-state index contributed by atoms with van der Waals surface area (Å²) in [5.41, 5.74) is 0. The third-order valence-electron chi connectivity index (χ3n) is 3.87. The van der Waals surface area contributed by atoms with Gasteiger partial charge in [0.1, 0.15) is 0 Å². The standard InChI is InChI=1S/C16H34.HO3P/c1-4-7-8-9-10-11-12-13-14-15-16(5-2)6-3;1-4(2)3/h16H,4-15H2,1-3H3;(H-,1,2,3)/p+1. The highest BCUT2D eigenvalue weighted by atomic mass is 31.1. The number of hydrogen-bond donors (Lipinski definition) is 2. The van der Waals surface area contributed by atoms with Gasteiger partial charge in [0, 0.05) is 4.57 Å². The van der Waals surface area contributed by atoms with Crippen molar-refractivity contribution in [2.75, 3.05) is 0 Å². The van der Waals surface area contributed by atoms with Crippen molar-refractivity contribution in [3.8, 4) is 0 Å². The molecule has 0 atom stereocenters. The minimum atomic E-state index is -2.87. The Balaban J connectivity index is 0. The lowest BCUT2D eigenvalue weighted by Crippen LogP contribution is -1.96. The van der Waals surface area contributed by atoms with Gasteiger partial charge < -0.3 is 0 Å². The Morgan fingerprint density at radius 2 is 1.10 bits per heavy atom. The molecule has 0 aromatic carbocycles. The highest BCUT2D eigenvalue weighted by Gasteiger charge is 2.02. The number of rotatable bonds is 12. The molecule has 0 aromatic rings. The lowest BCUT2D eigenvalue weighted by atomic mass is 9.95. The van der Waals surface area contributed by atoms with Gasteiger partial charge in [0.25, 0.3) is 0 Å². The van der Waals surface area contributed by atoms with Crippen molar-refractivity contribution in [3.05, 3.63) is 0 Å². The minimum absolute atomic E-state index is 1.00. The molecule has 0 saturated carbocycles. The molecule has 0 spiro atoms. The molecule has 20 heavy (non-hydrogen) atoms. The molecule has 2 N–H and O–H groups in total. The molecule has 0 aliphatic carbocycles. The van der Waals surface area contributed by atoms with Gasteiger partial charge in [0.15, 0.2) is 0 Å². The highest BCUT2D eigenvalue weighted by Crippen LogP contribution is 2.17. The van der Waals surface area contributed by atoms with Crippen molar-refractivity contribution >= 4 is 8.25 Å². The molecule has 0 aromatic heterocycles. The second kappa shape index (κ2) is 19.0. The molecule has 0 radical (unpaired) electrons. The van der Waals surface area contributed by atoms with E-state index in [1.54, 1.807) is 0 Å². The van der Waals surface area contributed by atoms with Crippen molar-refractivity contribution < 1.29 is 14.4 Å². The molecule has 0 bridgehead atoms. The molecule has 0 fully saturated rings. The second-order valence-corrected chi connectivity index (χ2v) is 6.06. The van der Waals surface area contributed by atoms with Gasteiger partial charge in [0.05, 0.1) is 0 Å². The lowest BCUT2D eigenvalue weighted by Gasteiger charge is -2.11. The summed E-state index contributed by atoms with van der Waals surface area (Å²) in [6.07, 6.45) is 17.4. The summed E-state index contributed by atoms with van der Waals surface area (Å²) in [6, 6.07) is 0. The molecule has 3 nitrogen and oxygen atoms in total. The summed E-state index contributed by atoms with van der Waals surface area (Å²) in [4.78, 5) is 14.2.